The van der Waals surface area contributed by atoms with Crippen LogP contribution in [0.2, 0.25) is 0 Å². The zero-order chi connectivity index (χ0) is 14.0. The van der Waals surface area contributed by atoms with E-state index >= 15 is 0 Å². The number of esters is 1. The van der Waals surface area contributed by atoms with E-state index in [-0.39, 0.29) is 12.7 Å². The number of fused-ring (bicyclic) bond motifs is 1. The average molecular weight is 264 g/mol. The van der Waals surface area contributed by atoms with E-state index in [1.807, 2.05) is 6.92 Å². The summed E-state index contributed by atoms with van der Waals surface area (Å²) in [7, 11) is 0. The SMILES string of the molecule is C=C1C(=O)OC2C/C(C)=C/CC/C(CO)=C/[C@@H](O)[C@H]12. The molecule has 1 heterocycles. The molecular weight excluding hydrogens is 244 g/mol. The Bertz CT molecular complexity index is 447. The number of carbonyl (C=O) groups is 1. The number of rotatable bonds is 1. The molecule has 1 saturated heterocycles. The second-order valence-electron chi connectivity index (χ2n) is 5.26. The van der Waals surface area contributed by atoms with E-state index in [0.717, 1.165) is 17.6 Å². The zero-order valence-electron chi connectivity index (χ0n) is 11.1. The van der Waals surface area contributed by atoms with Crippen LogP contribution in [-0.4, -0.2) is 35.0 Å². The minimum atomic E-state index is -0.836. The number of allylic oxidation sites excluding steroid dienone is 1. The van der Waals surface area contributed by atoms with Gasteiger partial charge in [0.1, 0.15) is 6.10 Å². The maximum Gasteiger partial charge on any atom is 0.334 e. The predicted molar refractivity (Wildman–Crippen MR) is 71.3 cm³/mol. The van der Waals surface area contributed by atoms with Gasteiger partial charge in [0.2, 0.25) is 0 Å². The third kappa shape index (κ3) is 2.96. The molecule has 0 aromatic rings. The van der Waals surface area contributed by atoms with Crippen molar-refractivity contribution >= 4 is 5.97 Å². The Morgan fingerprint density at radius 2 is 2.26 bits per heavy atom. The van der Waals surface area contributed by atoms with Crippen LogP contribution in [0.25, 0.3) is 0 Å². The summed E-state index contributed by atoms with van der Waals surface area (Å²) in [5.41, 5.74) is 2.23. The fourth-order valence-corrected chi connectivity index (χ4v) is 2.71. The molecule has 1 aliphatic heterocycles. The molecule has 1 fully saturated rings. The van der Waals surface area contributed by atoms with Crippen molar-refractivity contribution in [1.82, 2.24) is 0 Å². The Kier molecular flexibility index (Phi) is 4.22. The van der Waals surface area contributed by atoms with Gasteiger partial charge in [-0.1, -0.05) is 24.3 Å². The lowest BCUT2D eigenvalue weighted by atomic mass is 9.86. The molecule has 2 rings (SSSR count). The lowest BCUT2D eigenvalue weighted by molar-refractivity contribution is -0.139. The van der Waals surface area contributed by atoms with Crippen LogP contribution in [0.1, 0.15) is 26.2 Å². The van der Waals surface area contributed by atoms with Crippen molar-refractivity contribution in [3.63, 3.8) is 0 Å². The highest BCUT2D eigenvalue weighted by Gasteiger charge is 2.42. The van der Waals surface area contributed by atoms with E-state index in [1.54, 1.807) is 6.08 Å². The molecule has 4 heteroatoms. The molecule has 19 heavy (non-hydrogen) atoms. The van der Waals surface area contributed by atoms with E-state index < -0.39 is 18.0 Å². The van der Waals surface area contributed by atoms with E-state index in [4.69, 9.17) is 4.74 Å². The number of aliphatic hydroxyl groups excluding tert-OH is 2. The summed E-state index contributed by atoms with van der Waals surface area (Å²) < 4.78 is 5.29. The summed E-state index contributed by atoms with van der Waals surface area (Å²) >= 11 is 0. The summed E-state index contributed by atoms with van der Waals surface area (Å²) in [5, 5.41) is 19.6. The van der Waals surface area contributed by atoms with Gasteiger partial charge in [0, 0.05) is 12.0 Å². The number of ether oxygens (including phenoxy) is 1. The topological polar surface area (TPSA) is 66.8 Å². The van der Waals surface area contributed by atoms with Gasteiger partial charge in [0.05, 0.1) is 18.6 Å². The Labute approximate surface area is 113 Å². The normalized spacial score (nSPS) is 37.7. The highest BCUT2D eigenvalue weighted by atomic mass is 16.6. The predicted octanol–water partition coefficient (Wildman–Crippen LogP) is 1.49. The van der Waals surface area contributed by atoms with Gasteiger partial charge in [-0.05, 0) is 25.3 Å². The van der Waals surface area contributed by atoms with Gasteiger partial charge in [-0.3, -0.25) is 0 Å². The molecular formula is C15H20O4. The molecule has 0 spiro atoms. The molecule has 2 N–H and O–H groups in total. The van der Waals surface area contributed by atoms with Gasteiger partial charge in [-0.2, -0.15) is 0 Å². The first-order chi connectivity index (χ1) is 9.02. The van der Waals surface area contributed by atoms with Crippen molar-refractivity contribution in [3.05, 3.63) is 35.5 Å². The van der Waals surface area contributed by atoms with Gasteiger partial charge in [0.25, 0.3) is 0 Å². The highest BCUT2D eigenvalue weighted by Crippen LogP contribution is 2.34. The molecule has 1 unspecified atom stereocenters. The maximum atomic E-state index is 11.6. The van der Waals surface area contributed by atoms with E-state index in [9.17, 15) is 15.0 Å². The molecule has 2 aliphatic rings. The molecule has 3 atom stereocenters. The third-order valence-electron chi connectivity index (χ3n) is 3.78. The summed E-state index contributed by atoms with van der Waals surface area (Å²) in [6, 6.07) is 0. The van der Waals surface area contributed by atoms with Crippen molar-refractivity contribution in [2.45, 2.75) is 38.4 Å². The Morgan fingerprint density at radius 1 is 1.53 bits per heavy atom. The van der Waals surface area contributed by atoms with Crippen LogP contribution in [0.5, 0.6) is 0 Å². The van der Waals surface area contributed by atoms with Crippen molar-refractivity contribution in [2.24, 2.45) is 5.92 Å². The largest absolute Gasteiger partial charge is 0.458 e. The molecule has 0 radical (unpaired) electrons. The summed E-state index contributed by atoms with van der Waals surface area (Å²) in [6.07, 6.45) is 4.68. The number of hydrogen-bond acceptors (Lipinski definition) is 4. The van der Waals surface area contributed by atoms with Crippen LogP contribution in [0, 0.1) is 5.92 Å². The average Bonchev–Trinajstić information content (AvgIpc) is 2.63. The van der Waals surface area contributed by atoms with E-state index in [1.165, 1.54) is 0 Å². The first-order valence-electron chi connectivity index (χ1n) is 6.57. The fraction of sp³-hybridized carbons (Fsp3) is 0.533. The Morgan fingerprint density at radius 3 is 2.95 bits per heavy atom. The standard InChI is InChI=1S/C15H20O4/c1-9-4-3-5-11(8-16)7-12(17)14-10(2)15(18)19-13(14)6-9/h4,7,12-14,16-17H,2-3,5-6,8H2,1H3/b9-4+,11-7-/t12-,13?,14+/m1/s1. The van der Waals surface area contributed by atoms with Crippen LogP contribution in [0.4, 0.5) is 0 Å². The second kappa shape index (κ2) is 5.72. The molecule has 0 amide bonds. The molecule has 0 saturated carbocycles. The smallest absolute Gasteiger partial charge is 0.334 e. The van der Waals surface area contributed by atoms with Gasteiger partial charge in [0.15, 0.2) is 0 Å². The van der Waals surface area contributed by atoms with Crippen molar-refractivity contribution in [2.75, 3.05) is 6.61 Å². The Hall–Kier alpha value is -1.39. The first kappa shape index (κ1) is 14.0. The molecule has 4 nitrogen and oxygen atoms in total. The molecule has 0 aromatic carbocycles. The van der Waals surface area contributed by atoms with Crippen molar-refractivity contribution < 1.29 is 19.7 Å². The number of aliphatic hydroxyl groups is 2. The van der Waals surface area contributed by atoms with Crippen LogP contribution in [-0.2, 0) is 9.53 Å². The Balaban J connectivity index is 2.33. The van der Waals surface area contributed by atoms with Gasteiger partial charge >= 0.3 is 5.97 Å². The summed E-state index contributed by atoms with van der Waals surface area (Å²) in [6.45, 7) is 5.63. The highest BCUT2D eigenvalue weighted by molar-refractivity contribution is 5.91. The fourth-order valence-electron chi connectivity index (χ4n) is 2.71. The molecule has 0 bridgehead atoms. The third-order valence-corrected chi connectivity index (χ3v) is 3.78. The van der Waals surface area contributed by atoms with Gasteiger partial charge in [-0.25, -0.2) is 4.79 Å². The molecule has 1 aliphatic carbocycles. The number of carbonyl (C=O) groups excluding carboxylic acids is 1. The van der Waals surface area contributed by atoms with Crippen molar-refractivity contribution in [3.8, 4) is 0 Å². The van der Waals surface area contributed by atoms with E-state index in [2.05, 4.69) is 12.7 Å². The second-order valence-corrected chi connectivity index (χ2v) is 5.26. The minimum Gasteiger partial charge on any atom is -0.458 e. The lowest BCUT2D eigenvalue weighted by Gasteiger charge is -2.23. The van der Waals surface area contributed by atoms with Crippen LogP contribution in [0.3, 0.4) is 0 Å². The van der Waals surface area contributed by atoms with Gasteiger partial charge < -0.3 is 14.9 Å². The van der Waals surface area contributed by atoms with Crippen LogP contribution < -0.4 is 0 Å². The minimum absolute atomic E-state index is 0.0807. The lowest BCUT2D eigenvalue weighted by Crippen LogP contribution is -2.29. The molecule has 104 valence electrons. The molecule has 0 aromatic heterocycles. The first-order valence-corrected chi connectivity index (χ1v) is 6.57. The summed E-state index contributed by atoms with van der Waals surface area (Å²) in [5.74, 6) is -0.851. The quantitative estimate of drug-likeness (QED) is 0.428. The van der Waals surface area contributed by atoms with E-state index in [0.29, 0.717) is 18.4 Å². The number of hydrogen-bond donors (Lipinski definition) is 2. The monoisotopic (exact) mass is 264 g/mol. The zero-order valence-corrected chi connectivity index (χ0v) is 11.1. The van der Waals surface area contributed by atoms with Gasteiger partial charge in [-0.15, -0.1) is 0 Å². The van der Waals surface area contributed by atoms with Crippen LogP contribution in [0.15, 0.2) is 35.5 Å². The summed E-state index contributed by atoms with van der Waals surface area (Å²) in [4.78, 5) is 11.6. The van der Waals surface area contributed by atoms with Crippen LogP contribution >= 0.6 is 0 Å². The van der Waals surface area contributed by atoms with Crippen molar-refractivity contribution in [1.29, 1.82) is 0 Å². The maximum absolute atomic E-state index is 11.6.